The maximum atomic E-state index is 7.67. The number of benzene rings is 1. The Morgan fingerprint density at radius 2 is 2.33 bits per heavy atom. The van der Waals surface area contributed by atoms with E-state index in [1.54, 1.807) is 0 Å². The molecule has 18 heavy (non-hydrogen) atoms. The van der Waals surface area contributed by atoms with Gasteiger partial charge in [-0.15, -0.1) is 10.2 Å². The smallest absolute Gasteiger partial charge is 0.143 e. The lowest BCUT2D eigenvalue weighted by Gasteiger charge is -2.46. The Labute approximate surface area is 120 Å². The van der Waals surface area contributed by atoms with Gasteiger partial charge in [0.1, 0.15) is 12.2 Å². The van der Waals surface area contributed by atoms with Crippen LogP contribution in [0.2, 0.25) is 0 Å². The van der Waals surface area contributed by atoms with Crippen molar-refractivity contribution in [2.75, 3.05) is 0 Å². The minimum atomic E-state index is -2.25. The van der Waals surface area contributed by atoms with Crippen LogP contribution in [0.3, 0.4) is 0 Å². The summed E-state index contributed by atoms with van der Waals surface area (Å²) in [6.07, 6.45) is 3.08. The third-order valence-corrected chi connectivity index (χ3v) is 4.24. The second-order valence-corrected chi connectivity index (χ2v) is 6.05. The van der Waals surface area contributed by atoms with Crippen LogP contribution in [0.1, 0.15) is 35.3 Å². The molecule has 0 spiro atoms. The lowest BCUT2D eigenvalue weighted by Crippen LogP contribution is -2.43. The summed E-state index contributed by atoms with van der Waals surface area (Å²) >= 11 is 3.49. The van der Waals surface area contributed by atoms with Crippen molar-refractivity contribution in [1.82, 2.24) is 14.8 Å². The van der Waals surface area contributed by atoms with Crippen molar-refractivity contribution < 1.29 is 4.11 Å². The lowest BCUT2D eigenvalue weighted by atomic mass is 9.58. The predicted molar refractivity (Wildman–Crippen MR) is 74.3 cm³/mol. The van der Waals surface area contributed by atoms with Crippen LogP contribution in [-0.4, -0.2) is 14.8 Å². The van der Waals surface area contributed by atoms with Gasteiger partial charge in [-0.1, -0.05) is 35.0 Å². The van der Waals surface area contributed by atoms with E-state index in [2.05, 4.69) is 33.1 Å². The topological polar surface area (TPSA) is 30.7 Å². The first-order valence-electron chi connectivity index (χ1n) is 7.50. The zero-order chi connectivity index (χ0) is 15.3. The van der Waals surface area contributed by atoms with Crippen LogP contribution in [0.5, 0.6) is 0 Å². The lowest BCUT2D eigenvalue weighted by molar-refractivity contribution is 0.185. The molecule has 3 rings (SSSR count). The van der Waals surface area contributed by atoms with Crippen molar-refractivity contribution in [3.63, 3.8) is 0 Å². The highest BCUT2D eigenvalue weighted by molar-refractivity contribution is 9.10. The maximum Gasteiger partial charge on any atom is 0.143 e. The van der Waals surface area contributed by atoms with Gasteiger partial charge in [-0.2, -0.15) is 0 Å². The van der Waals surface area contributed by atoms with Gasteiger partial charge < -0.3 is 4.57 Å². The van der Waals surface area contributed by atoms with E-state index in [1.807, 2.05) is 24.3 Å². The second-order valence-electron chi connectivity index (χ2n) is 5.13. The molecule has 1 fully saturated rings. The van der Waals surface area contributed by atoms with Crippen molar-refractivity contribution in [3.05, 3.63) is 46.5 Å². The number of hydrogen-bond donors (Lipinski definition) is 0. The first-order valence-corrected chi connectivity index (χ1v) is 6.79. The largest absolute Gasteiger partial charge is 0.320 e. The van der Waals surface area contributed by atoms with Gasteiger partial charge in [0.2, 0.25) is 0 Å². The minimum Gasteiger partial charge on any atom is -0.320 e. The van der Waals surface area contributed by atoms with Crippen molar-refractivity contribution in [1.29, 1.82) is 0 Å². The van der Waals surface area contributed by atoms with Gasteiger partial charge >= 0.3 is 0 Å². The fourth-order valence-corrected chi connectivity index (χ4v) is 3.42. The number of rotatable bonds is 2. The monoisotopic (exact) mass is 308 g/mol. The van der Waals surface area contributed by atoms with E-state index in [9.17, 15) is 0 Å². The van der Waals surface area contributed by atoms with Crippen LogP contribution in [0.15, 0.2) is 35.1 Å². The molecule has 0 saturated heterocycles. The molecule has 0 bridgehead atoms. The first-order chi connectivity index (χ1) is 9.83. The Hall–Kier alpha value is -1.16. The molecule has 94 valence electrons. The van der Waals surface area contributed by atoms with E-state index >= 15 is 0 Å². The van der Waals surface area contributed by atoms with E-state index in [1.165, 1.54) is 10.9 Å². The summed E-state index contributed by atoms with van der Waals surface area (Å²) in [6, 6.07) is 8.02. The molecule has 1 aliphatic rings. The summed E-state index contributed by atoms with van der Waals surface area (Å²) in [4.78, 5) is 0. The fraction of sp³-hybridized carbons (Fsp3) is 0.429. The van der Waals surface area contributed by atoms with Crippen LogP contribution in [0.25, 0.3) is 0 Å². The Bertz CT molecular complexity index is 659. The summed E-state index contributed by atoms with van der Waals surface area (Å²) in [5.74, 6) is 1.09. The van der Waals surface area contributed by atoms with Gasteiger partial charge in [-0.05, 0) is 36.5 Å². The van der Waals surface area contributed by atoms with Gasteiger partial charge in [0.05, 0.1) is 5.41 Å². The Morgan fingerprint density at radius 1 is 1.50 bits per heavy atom. The molecule has 2 aromatic rings. The van der Waals surface area contributed by atoms with Gasteiger partial charge in [-0.3, -0.25) is 0 Å². The van der Waals surface area contributed by atoms with E-state index in [4.69, 9.17) is 4.11 Å². The SMILES string of the molecule is [2H]C([2H])([2H])n1cnnc1C1(c2cccc(Br)c2)CC(C)C1. The minimum absolute atomic E-state index is 0.353. The summed E-state index contributed by atoms with van der Waals surface area (Å²) in [5, 5.41) is 8.01. The molecule has 0 amide bonds. The number of aryl methyl sites for hydroxylation is 1. The molecule has 1 heterocycles. The van der Waals surface area contributed by atoms with Crippen molar-refractivity contribution in [3.8, 4) is 0 Å². The van der Waals surface area contributed by atoms with Crippen molar-refractivity contribution in [2.24, 2.45) is 12.9 Å². The van der Waals surface area contributed by atoms with E-state index in [-0.39, 0.29) is 5.41 Å². The molecule has 0 atom stereocenters. The van der Waals surface area contributed by atoms with Crippen molar-refractivity contribution in [2.45, 2.75) is 25.2 Å². The third-order valence-electron chi connectivity index (χ3n) is 3.75. The molecule has 1 aromatic heterocycles. The van der Waals surface area contributed by atoms with Gasteiger partial charge in [0.25, 0.3) is 0 Å². The maximum absolute atomic E-state index is 7.67. The van der Waals surface area contributed by atoms with Gasteiger partial charge in [-0.25, -0.2) is 0 Å². The molecule has 0 radical (unpaired) electrons. The molecular formula is C14H16BrN3. The van der Waals surface area contributed by atoms with Crippen LogP contribution >= 0.6 is 15.9 Å². The Morgan fingerprint density at radius 3 is 3.00 bits per heavy atom. The third kappa shape index (κ3) is 1.70. The summed E-state index contributed by atoms with van der Waals surface area (Å²) < 4.78 is 25.2. The summed E-state index contributed by atoms with van der Waals surface area (Å²) in [7, 11) is 0. The molecule has 0 aliphatic heterocycles. The van der Waals surface area contributed by atoms with Crippen LogP contribution in [-0.2, 0) is 12.4 Å². The highest BCUT2D eigenvalue weighted by atomic mass is 79.9. The van der Waals surface area contributed by atoms with Gasteiger partial charge in [0, 0.05) is 15.6 Å². The predicted octanol–water partition coefficient (Wildman–Crippen LogP) is 3.29. The average Bonchev–Trinajstić information content (AvgIpc) is 2.83. The molecular weight excluding hydrogens is 290 g/mol. The van der Waals surface area contributed by atoms with E-state index in [0.29, 0.717) is 11.7 Å². The highest BCUT2D eigenvalue weighted by Gasteiger charge is 2.48. The van der Waals surface area contributed by atoms with Crippen LogP contribution in [0, 0.1) is 5.92 Å². The van der Waals surface area contributed by atoms with Crippen LogP contribution in [0.4, 0.5) is 0 Å². The highest BCUT2D eigenvalue weighted by Crippen LogP contribution is 2.51. The number of hydrogen-bond acceptors (Lipinski definition) is 2. The molecule has 3 nitrogen and oxygen atoms in total. The molecule has 1 aromatic carbocycles. The Kier molecular flexibility index (Phi) is 2.06. The normalized spacial score (nSPS) is 30.1. The molecule has 1 saturated carbocycles. The zero-order valence-electron chi connectivity index (χ0n) is 13.1. The quantitative estimate of drug-likeness (QED) is 0.852. The summed E-state index contributed by atoms with van der Waals surface area (Å²) in [5.41, 5.74) is 0.738. The van der Waals surface area contributed by atoms with Gasteiger partial charge in [0.15, 0.2) is 0 Å². The standard InChI is InChI=1S/C14H16BrN3/c1-10-7-14(8-10,13-17-16-9-18(13)2)11-4-3-5-12(15)6-11/h3-6,9-10H,7-8H2,1-2H3/i2D3. The van der Waals surface area contributed by atoms with E-state index in [0.717, 1.165) is 22.9 Å². The summed E-state index contributed by atoms with van der Waals surface area (Å²) in [6.45, 7) is -0.0804. The molecule has 0 unspecified atom stereocenters. The number of aromatic nitrogens is 3. The molecule has 4 heteroatoms. The number of halogens is 1. The first kappa shape index (κ1) is 8.86. The molecule has 0 N–H and O–H groups in total. The molecule has 1 aliphatic carbocycles. The second kappa shape index (κ2) is 4.19. The van der Waals surface area contributed by atoms with Crippen molar-refractivity contribution >= 4 is 15.9 Å². The number of nitrogens with zero attached hydrogens (tertiary/aromatic N) is 3. The zero-order valence-corrected chi connectivity index (χ0v) is 11.7. The van der Waals surface area contributed by atoms with Crippen LogP contribution < -0.4 is 0 Å². The Balaban J connectivity index is 2.14. The van der Waals surface area contributed by atoms with E-state index < -0.39 is 6.98 Å². The average molecular weight is 309 g/mol. The fourth-order valence-electron chi connectivity index (χ4n) is 3.02.